The third kappa shape index (κ3) is 10.9. The second kappa shape index (κ2) is 17.8. The molecule has 264 valence electrons. The zero-order chi connectivity index (χ0) is 35.5. The predicted molar refractivity (Wildman–Crippen MR) is 179 cm³/mol. The molecule has 47 heavy (non-hydrogen) atoms. The van der Waals surface area contributed by atoms with Gasteiger partial charge in [-0.25, -0.2) is 19.6 Å². The van der Waals surface area contributed by atoms with Crippen molar-refractivity contribution in [1.82, 2.24) is 20.3 Å². The molecule has 2 N–H and O–H groups in total. The van der Waals surface area contributed by atoms with Crippen molar-refractivity contribution in [2.24, 2.45) is 11.8 Å². The summed E-state index contributed by atoms with van der Waals surface area (Å²) in [6.45, 7) is 17.0. The van der Waals surface area contributed by atoms with Crippen molar-refractivity contribution in [3.63, 3.8) is 0 Å². The number of carbonyl (C=O) groups is 4. The number of likely N-dealkylation sites (tertiary alicyclic amines) is 1. The number of nitrogens with one attached hydrogen (secondary N) is 1. The Labute approximate surface area is 283 Å². The molecule has 0 aromatic carbocycles. The monoisotopic (exact) mass is 678 g/mol. The molecule has 0 aliphatic carbocycles. The van der Waals surface area contributed by atoms with E-state index in [1.165, 1.54) is 15.3 Å². The van der Waals surface area contributed by atoms with Gasteiger partial charge in [-0.15, -0.1) is 23.7 Å². The Morgan fingerprint density at radius 3 is 2.49 bits per heavy atom. The Bertz CT molecular complexity index is 1260. The average Bonchev–Trinajstić information content (AvgIpc) is 3.65. The Kier molecular flexibility index (Phi) is 15.1. The first-order chi connectivity index (χ1) is 22.0. The summed E-state index contributed by atoms with van der Waals surface area (Å²) in [4.78, 5) is 65.5. The molecule has 1 saturated heterocycles. The summed E-state index contributed by atoms with van der Waals surface area (Å²) in [6, 6.07) is -1.63. The number of aliphatic hydroxyl groups excluding tert-OH is 1. The number of nitrogens with zero attached hydrogens (tertiary/aromatic N) is 3. The fraction of sp³-hybridized carbons (Fsp3) is 0.735. The predicted octanol–water partition coefficient (Wildman–Crippen LogP) is 5.26. The standard InChI is InChI=1S/C34H54N4O8S/c1-11-14-15-19-45-38(25(22(4)5)20-26(39)28-35-24(21-47-28)30(41)44-13-3)29(40)27(23(6)12-2)36-31(42)34(10)17-16-18-37(34)32(43)46-33(7,8)9/h1,21-23,25-27,39H,12-20H2,2-10H3,(H,36,42)/t23-,25+,26+,27-,34+/m0/s1. The lowest BCUT2D eigenvalue weighted by molar-refractivity contribution is -0.212. The molecular formula is C34H54N4O8S. The summed E-state index contributed by atoms with van der Waals surface area (Å²) in [6.07, 6.45) is 6.32. The highest BCUT2D eigenvalue weighted by Crippen LogP contribution is 2.33. The van der Waals surface area contributed by atoms with Crippen LogP contribution < -0.4 is 5.32 Å². The van der Waals surface area contributed by atoms with Gasteiger partial charge in [0.2, 0.25) is 5.91 Å². The lowest BCUT2D eigenvalue weighted by Gasteiger charge is -2.39. The largest absolute Gasteiger partial charge is 0.461 e. The molecule has 1 fully saturated rings. The van der Waals surface area contributed by atoms with E-state index >= 15 is 0 Å². The van der Waals surface area contributed by atoms with Crippen LogP contribution in [0.4, 0.5) is 4.79 Å². The lowest BCUT2D eigenvalue weighted by atomic mass is 9.92. The number of hydroxylamine groups is 2. The van der Waals surface area contributed by atoms with E-state index in [4.69, 9.17) is 20.7 Å². The first-order valence-electron chi connectivity index (χ1n) is 16.5. The molecule has 12 nitrogen and oxygen atoms in total. The number of unbranched alkanes of at least 4 members (excludes halogenated alkanes) is 1. The van der Waals surface area contributed by atoms with Crippen molar-refractivity contribution in [3.05, 3.63) is 16.1 Å². The summed E-state index contributed by atoms with van der Waals surface area (Å²) in [5.41, 5.74) is -1.85. The number of hydrogen-bond donors (Lipinski definition) is 2. The van der Waals surface area contributed by atoms with Gasteiger partial charge in [-0.3, -0.25) is 19.3 Å². The number of terminal acetylenes is 1. The molecule has 0 unspecified atom stereocenters. The summed E-state index contributed by atoms with van der Waals surface area (Å²) in [5, 5.41) is 17.3. The minimum Gasteiger partial charge on any atom is -0.461 e. The number of aromatic nitrogens is 1. The topological polar surface area (TPSA) is 148 Å². The zero-order valence-electron chi connectivity index (χ0n) is 29.5. The van der Waals surface area contributed by atoms with Gasteiger partial charge in [-0.2, -0.15) is 0 Å². The van der Waals surface area contributed by atoms with Gasteiger partial charge in [0.1, 0.15) is 28.3 Å². The molecular weight excluding hydrogens is 624 g/mol. The zero-order valence-corrected chi connectivity index (χ0v) is 30.3. The van der Waals surface area contributed by atoms with Crippen molar-refractivity contribution in [2.75, 3.05) is 19.8 Å². The molecule has 1 aromatic heterocycles. The van der Waals surface area contributed by atoms with E-state index in [1.54, 1.807) is 34.6 Å². The van der Waals surface area contributed by atoms with E-state index in [-0.39, 0.29) is 37.2 Å². The Hall–Kier alpha value is -3.21. The van der Waals surface area contributed by atoms with E-state index in [0.717, 1.165) is 11.3 Å². The summed E-state index contributed by atoms with van der Waals surface area (Å²) in [7, 11) is 0. The molecule has 1 aromatic rings. The van der Waals surface area contributed by atoms with Gasteiger partial charge in [0.25, 0.3) is 5.91 Å². The summed E-state index contributed by atoms with van der Waals surface area (Å²) < 4.78 is 10.6. The maximum atomic E-state index is 14.5. The minimum atomic E-state index is -1.22. The third-order valence-electron chi connectivity index (χ3n) is 8.25. The smallest absolute Gasteiger partial charge is 0.411 e. The van der Waals surface area contributed by atoms with E-state index in [0.29, 0.717) is 43.7 Å². The highest BCUT2D eigenvalue weighted by Gasteiger charge is 2.49. The number of carbonyl (C=O) groups excluding carboxylic acids is 4. The first-order valence-corrected chi connectivity index (χ1v) is 17.4. The lowest BCUT2D eigenvalue weighted by Crippen LogP contribution is -2.62. The highest BCUT2D eigenvalue weighted by molar-refractivity contribution is 7.09. The van der Waals surface area contributed by atoms with Crippen LogP contribution in [-0.4, -0.2) is 86.9 Å². The van der Waals surface area contributed by atoms with Crippen LogP contribution >= 0.6 is 11.3 Å². The van der Waals surface area contributed by atoms with Crippen LogP contribution in [0.5, 0.6) is 0 Å². The highest BCUT2D eigenvalue weighted by atomic mass is 32.1. The Morgan fingerprint density at radius 2 is 1.91 bits per heavy atom. The van der Waals surface area contributed by atoms with Gasteiger partial charge in [0.15, 0.2) is 5.69 Å². The van der Waals surface area contributed by atoms with Crippen molar-refractivity contribution < 1.29 is 38.6 Å². The molecule has 5 atom stereocenters. The van der Waals surface area contributed by atoms with Crippen molar-refractivity contribution in [1.29, 1.82) is 0 Å². The summed E-state index contributed by atoms with van der Waals surface area (Å²) >= 11 is 1.12. The first kappa shape index (κ1) is 40.0. The van der Waals surface area contributed by atoms with Gasteiger partial charge in [-0.1, -0.05) is 34.1 Å². The molecule has 1 aliphatic heterocycles. The van der Waals surface area contributed by atoms with E-state index < -0.39 is 53.2 Å². The number of aliphatic hydroxyl groups is 1. The van der Waals surface area contributed by atoms with Gasteiger partial charge >= 0.3 is 12.1 Å². The molecule has 1 aliphatic rings. The van der Waals surface area contributed by atoms with Crippen molar-refractivity contribution in [3.8, 4) is 12.3 Å². The normalized spacial score (nSPS) is 19.0. The average molecular weight is 679 g/mol. The van der Waals surface area contributed by atoms with Crippen LogP contribution in [0.3, 0.4) is 0 Å². The van der Waals surface area contributed by atoms with E-state index in [9.17, 15) is 24.3 Å². The Balaban J connectivity index is 2.41. The molecule has 0 saturated carbocycles. The number of thiazole rings is 1. The second-order valence-corrected chi connectivity index (χ2v) is 14.4. The summed E-state index contributed by atoms with van der Waals surface area (Å²) in [5.74, 6) is 0.572. The van der Waals surface area contributed by atoms with Gasteiger partial charge < -0.3 is 19.9 Å². The van der Waals surface area contributed by atoms with Crippen LogP contribution in [0.25, 0.3) is 0 Å². The number of rotatable bonds is 16. The Morgan fingerprint density at radius 1 is 1.23 bits per heavy atom. The van der Waals surface area contributed by atoms with Gasteiger partial charge in [0, 0.05) is 24.8 Å². The number of esters is 1. The van der Waals surface area contributed by atoms with Gasteiger partial charge in [0.05, 0.1) is 19.3 Å². The molecule has 2 heterocycles. The van der Waals surface area contributed by atoms with Crippen LogP contribution in [0.1, 0.15) is 122 Å². The number of amides is 3. The SMILES string of the molecule is C#CCCCON(C(=O)[C@@H](NC(=O)[C@@]1(C)CCCN1C(=O)OC(C)(C)C)[C@@H](C)CC)[C@H](C[C@@H](O)c1nc(C(=O)OCC)cs1)C(C)C. The third-order valence-corrected chi connectivity index (χ3v) is 9.20. The van der Waals surface area contributed by atoms with Crippen LogP contribution in [0.2, 0.25) is 0 Å². The molecule has 2 rings (SSSR count). The van der Waals surface area contributed by atoms with E-state index in [1.807, 2.05) is 27.7 Å². The van der Waals surface area contributed by atoms with Gasteiger partial charge in [-0.05, 0) is 65.7 Å². The second-order valence-electron chi connectivity index (χ2n) is 13.5. The van der Waals surface area contributed by atoms with Crippen molar-refractivity contribution >= 4 is 35.2 Å². The number of ether oxygens (including phenoxy) is 2. The maximum Gasteiger partial charge on any atom is 0.411 e. The van der Waals surface area contributed by atoms with Crippen molar-refractivity contribution in [2.45, 2.75) is 130 Å². The van der Waals surface area contributed by atoms with Crippen LogP contribution in [-0.2, 0) is 23.9 Å². The van der Waals surface area contributed by atoms with E-state index in [2.05, 4.69) is 16.2 Å². The molecule has 13 heteroatoms. The minimum absolute atomic E-state index is 0.0552. The molecule has 0 spiro atoms. The van der Waals surface area contributed by atoms with Crippen LogP contribution in [0, 0.1) is 24.2 Å². The van der Waals surface area contributed by atoms with Crippen LogP contribution in [0.15, 0.2) is 5.38 Å². The fourth-order valence-corrected chi connectivity index (χ4v) is 6.08. The maximum absolute atomic E-state index is 14.5. The number of hydrogen-bond acceptors (Lipinski definition) is 10. The molecule has 0 bridgehead atoms. The molecule has 0 radical (unpaired) electrons. The quantitative estimate of drug-likeness (QED) is 0.103. The molecule has 3 amide bonds. The fourth-order valence-electron chi connectivity index (χ4n) is 5.29.